The molecule has 7 heteroatoms. The first-order valence-electron chi connectivity index (χ1n) is 5.07. The van der Waals surface area contributed by atoms with E-state index < -0.39 is 11.7 Å². The average Bonchev–Trinajstić information content (AvgIpc) is 2.76. The molecule has 94 valence electrons. The molecule has 0 radical (unpaired) electrons. The van der Waals surface area contributed by atoms with Gasteiger partial charge < -0.3 is 16.0 Å². The maximum absolute atomic E-state index is 13.2. The maximum Gasteiger partial charge on any atom is 0.304 e. The lowest BCUT2D eigenvalue weighted by atomic mass is 10.1. The molecule has 1 aromatic heterocycles. The molecule has 2 rings (SSSR count). The topological polar surface area (TPSA) is 88.0 Å². The fraction of sp³-hybridized carbons (Fsp3) is 0.0909. The molecule has 18 heavy (non-hydrogen) atoms. The van der Waals surface area contributed by atoms with E-state index in [2.05, 4.69) is 10.3 Å². The van der Waals surface area contributed by atoms with Crippen LogP contribution >= 0.6 is 11.3 Å². The Bertz CT molecular complexity index is 635. The third-order valence-electron chi connectivity index (χ3n) is 2.31. The minimum atomic E-state index is -0.633. The number of hydrogen-bond acceptors (Lipinski definition) is 4. The molecule has 0 saturated carbocycles. The number of nitrogens with two attached hydrogens (primary N) is 1. The van der Waals surface area contributed by atoms with Gasteiger partial charge in [-0.15, -0.1) is 0 Å². The lowest BCUT2D eigenvalue weighted by Gasteiger charge is -2.06. The van der Waals surface area contributed by atoms with Gasteiger partial charge in [-0.25, -0.2) is 4.39 Å². The molecule has 0 unspecified atom stereocenters. The van der Waals surface area contributed by atoms with E-state index in [1.807, 2.05) is 0 Å². The van der Waals surface area contributed by atoms with E-state index in [1.54, 1.807) is 5.38 Å². The first-order valence-corrected chi connectivity index (χ1v) is 5.95. The molecule has 0 aliphatic carbocycles. The number of nitrogen functional groups attached to an aromatic ring is 1. The molecular weight excluding hydrogens is 257 g/mol. The third kappa shape index (κ3) is 2.57. The molecule has 1 aromatic carbocycles. The van der Waals surface area contributed by atoms with Gasteiger partial charge in [0.1, 0.15) is 5.82 Å². The number of H-pyrrole nitrogens is 1. The summed E-state index contributed by atoms with van der Waals surface area (Å²) in [6.07, 6.45) is 0. The van der Waals surface area contributed by atoms with E-state index in [1.165, 1.54) is 18.2 Å². The first kappa shape index (κ1) is 12.3. The maximum atomic E-state index is 13.2. The highest BCUT2D eigenvalue weighted by Gasteiger charge is 2.12. The molecule has 1 amide bonds. The van der Waals surface area contributed by atoms with Crippen LogP contribution in [0.25, 0.3) is 0 Å². The monoisotopic (exact) mass is 267 g/mol. The lowest BCUT2D eigenvalue weighted by molar-refractivity contribution is 0.0951. The van der Waals surface area contributed by atoms with E-state index in [0.717, 1.165) is 11.3 Å². The smallest absolute Gasteiger partial charge is 0.304 e. The molecule has 5 nitrogen and oxygen atoms in total. The average molecular weight is 267 g/mol. The number of rotatable bonds is 3. The van der Waals surface area contributed by atoms with Crippen LogP contribution in [0, 0.1) is 5.82 Å². The van der Waals surface area contributed by atoms with Crippen molar-refractivity contribution >= 4 is 22.9 Å². The van der Waals surface area contributed by atoms with E-state index in [4.69, 9.17) is 5.73 Å². The number of aromatic amines is 1. The van der Waals surface area contributed by atoms with Crippen molar-refractivity contribution < 1.29 is 9.18 Å². The summed E-state index contributed by atoms with van der Waals surface area (Å²) in [5.41, 5.74) is 5.95. The molecule has 0 saturated heterocycles. The third-order valence-corrected chi connectivity index (χ3v) is 3.03. The number of halogens is 1. The van der Waals surface area contributed by atoms with Crippen LogP contribution in [0.5, 0.6) is 0 Å². The molecule has 4 N–H and O–H groups in total. The Morgan fingerprint density at radius 1 is 1.50 bits per heavy atom. The Morgan fingerprint density at radius 3 is 2.94 bits per heavy atom. The number of nitrogens with one attached hydrogen (secondary N) is 2. The number of amides is 1. The largest absolute Gasteiger partial charge is 0.396 e. The van der Waals surface area contributed by atoms with Crippen LogP contribution in [0.4, 0.5) is 10.1 Å². The summed E-state index contributed by atoms with van der Waals surface area (Å²) in [5.74, 6) is -1.12. The summed E-state index contributed by atoms with van der Waals surface area (Å²) >= 11 is 1.01. The molecule has 0 spiro atoms. The molecule has 0 aliphatic rings. The predicted octanol–water partition coefficient (Wildman–Crippen LogP) is 1.09. The number of para-hydroxylation sites is 1. The zero-order valence-electron chi connectivity index (χ0n) is 9.20. The minimum Gasteiger partial charge on any atom is -0.396 e. The molecule has 1 heterocycles. The normalized spacial score (nSPS) is 10.3. The quantitative estimate of drug-likeness (QED) is 0.727. The molecule has 0 fully saturated rings. The molecule has 0 aliphatic heterocycles. The van der Waals surface area contributed by atoms with Crippen molar-refractivity contribution in [3.8, 4) is 0 Å². The van der Waals surface area contributed by atoms with E-state index >= 15 is 0 Å². The Balaban J connectivity index is 2.08. The second kappa shape index (κ2) is 5.01. The van der Waals surface area contributed by atoms with Crippen molar-refractivity contribution in [2.24, 2.45) is 0 Å². The van der Waals surface area contributed by atoms with Gasteiger partial charge in [0.2, 0.25) is 0 Å². The summed E-state index contributed by atoms with van der Waals surface area (Å²) in [7, 11) is 0. The van der Waals surface area contributed by atoms with Crippen LogP contribution in [0.1, 0.15) is 16.1 Å². The summed E-state index contributed by atoms with van der Waals surface area (Å²) in [6, 6.07) is 4.03. The molecular formula is C11H10FN3O2S. The van der Waals surface area contributed by atoms with Crippen molar-refractivity contribution in [1.82, 2.24) is 10.3 Å². The van der Waals surface area contributed by atoms with Crippen molar-refractivity contribution in [3.63, 3.8) is 0 Å². The van der Waals surface area contributed by atoms with Gasteiger partial charge in [0.05, 0.1) is 17.8 Å². The molecule has 0 bridgehead atoms. The van der Waals surface area contributed by atoms with Gasteiger partial charge >= 0.3 is 4.87 Å². The zero-order chi connectivity index (χ0) is 13.1. The van der Waals surface area contributed by atoms with Crippen molar-refractivity contribution in [1.29, 1.82) is 0 Å². The number of benzene rings is 1. The fourth-order valence-corrected chi connectivity index (χ4v) is 1.99. The summed E-state index contributed by atoms with van der Waals surface area (Å²) in [4.78, 5) is 25.0. The predicted molar refractivity (Wildman–Crippen MR) is 66.9 cm³/mol. The van der Waals surface area contributed by atoms with E-state index in [-0.39, 0.29) is 22.7 Å². The number of carbonyl (C=O) groups excluding carboxylic acids is 1. The Morgan fingerprint density at radius 2 is 2.28 bits per heavy atom. The summed E-state index contributed by atoms with van der Waals surface area (Å²) in [6.45, 7) is 0.160. The molecule has 2 aromatic rings. The summed E-state index contributed by atoms with van der Waals surface area (Å²) in [5, 5.41) is 4.16. The standard InChI is InChI=1S/C11H10FN3O2S/c12-8-3-1-2-7(9(8)13)10(16)14-4-6-5-18-11(17)15-6/h1-3,5H,4,13H2,(H,14,16)(H,15,17). The van der Waals surface area contributed by atoms with Gasteiger partial charge in [0.15, 0.2) is 0 Å². The van der Waals surface area contributed by atoms with E-state index in [0.29, 0.717) is 5.69 Å². The van der Waals surface area contributed by atoms with Gasteiger partial charge in [-0.3, -0.25) is 9.59 Å². The van der Waals surface area contributed by atoms with Gasteiger partial charge in [0.25, 0.3) is 5.91 Å². The Labute approximate surface area is 105 Å². The number of thiazole rings is 1. The second-order valence-electron chi connectivity index (χ2n) is 3.56. The number of aromatic nitrogens is 1. The van der Waals surface area contributed by atoms with Crippen LogP contribution < -0.4 is 15.9 Å². The van der Waals surface area contributed by atoms with Crippen molar-refractivity contribution in [2.45, 2.75) is 6.54 Å². The highest BCUT2D eigenvalue weighted by atomic mass is 32.1. The van der Waals surface area contributed by atoms with Crippen LogP contribution in [0.3, 0.4) is 0 Å². The van der Waals surface area contributed by atoms with Gasteiger partial charge in [-0.1, -0.05) is 17.4 Å². The number of hydrogen-bond donors (Lipinski definition) is 3. The lowest BCUT2D eigenvalue weighted by Crippen LogP contribution is -2.24. The van der Waals surface area contributed by atoms with Crippen LogP contribution in [-0.4, -0.2) is 10.9 Å². The second-order valence-corrected chi connectivity index (χ2v) is 4.40. The Kier molecular flexibility index (Phi) is 3.42. The van der Waals surface area contributed by atoms with Gasteiger partial charge in [-0.2, -0.15) is 0 Å². The van der Waals surface area contributed by atoms with Crippen LogP contribution in [-0.2, 0) is 6.54 Å². The van der Waals surface area contributed by atoms with Crippen LogP contribution in [0.15, 0.2) is 28.4 Å². The summed E-state index contributed by atoms with van der Waals surface area (Å²) < 4.78 is 13.2. The van der Waals surface area contributed by atoms with Crippen LogP contribution in [0.2, 0.25) is 0 Å². The van der Waals surface area contributed by atoms with Crippen molar-refractivity contribution in [2.75, 3.05) is 5.73 Å². The minimum absolute atomic E-state index is 0.0765. The zero-order valence-corrected chi connectivity index (χ0v) is 10.0. The highest BCUT2D eigenvalue weighted by molar-refractivity contribution is 7.07. The molecule has 0 atom stereocenters. The van der Waals surface area contributed by atoms with E-state index in [9.17, 15) is 14.0 Å². The van der Waals surface area contributed by atoms with Crippen molar-refractivity contribution in [3.05, 3.63) is 50.3 Å². The van der Waals surface area contributed by atoms with Gasteiger partial charge in [0, 0.05) is 11.1 Å². The Hall–Kier alpha value is -2.15. The van der Waals surface area contributed by atoms with Gasteiger partial charge in [-0.05, 0) is 12.1 Å². The number of anilines is 1. The first-order chi connectivity index (χ1) is 8.58. The number of carbonyl (C=O) groups is 1. The SMILES string of the molecule is Nc1c(F)cccc1C(=O)NCc1csc(=O)[nH]1. The fourth-order valence-electron chi connectivity index (χ4n) is 1.41. The highest BCUT2D eigenvalue weighted by Crippen LogP contribution is 2.15.